The minimum absolute atomic E-state index is 0.0235. The van der Waals surface area contributed by atoms with E-state index in [0.717, 1.165) is 25.3 Å². The highest BCUT2D eigenvalue weighted by Crippen LogP contribution is 2.31. The van der Waals surface area contributed by atoms with Crippen LogP contribution < -0.4 is 0 Å². The number of carbonyl (C=O) groups is 1. The highest BCUT2D eigenvalue weighted by Gasteiger charge is 2.21. The lowest BCUT2D eigenvalue weighted by Crippen LogP contribution is -2.18. The predicted octanol–water partition coefficient (Wildman–Crippen LogP) is 2.24. The molecule has 0 unspecified atom stereocenters. The Morgan fingerprint density at radius 2 is 1.96 bits per heavy atom. The van der Waals surface area contributed by atoms with Crippen molar-refractivity contribution in [1.29, 1.82) is 0 Å². The van der Waals surface area contributed by atoms with E-state index in [4.69, 9.17) is 5.11 Å². The number of hydrogen-bond donors (Lipinski definition) is 2. The Kier molecular flexibility index (Phi) is 4.06. The van der Waals surface area contributed by atoms with E-state index in [1.165, 1.54) is 29.9 Å². The number of nitrogens with zero attached hydrogens (tertiary/aromatic N) is 6. The molecule has 3 aromatic rings. The van der Waals surface area contributed by atoms with Crippen LogP contribution in [-0.2, 0) is 6.54 Å². The fourth-order valence-corrected chi connectivity index (χ4v) is 3.51. The predicted molar refractivity (Wildman–Crippen MR) is 92.2 cm³/mol. The summed E-state index contributed by atoms with van der Waals surface area (Å²) >= 11 is 0. The van der Waals surface area contributed by atoms with Crippen molar-refractivity contribution >= 4 is 17.0 Å². The van der Waals surface area contributed by atoms with Crippen LogP contribution in [0, 0.1) is 11.8 Å². The molecule has 4 rings (SSSR count). The average Bonchev–Trinajstić information content (AvgIpc) is 3.25. The van der Waals surface area contributed by atoms with E-state index >= 15 is 0 Å². The fourth-order valence-electron chi connectivity index (χ4n) is 3.51. The summed E-state index contributed by atoms with van der Waals surface area (Å²) in [7, 11) is 0. The van der Waals surface area contributed by atoms with Crippen LogP contribution in [0.4, 0.5) is 0 Å². The molecule has 9 nitrogen and oxygen atoms in total. The molecule has 1 saturated carbocycles. The van der Waals surface area contributed by atoms with Gasteiger partial charge >= 0.3 is 5.97 Å². The van der Waals surface area contributed by atoms with E-state index in [0.29, 0.717) is 17.0 Å². The van der Waals surface area contributed by atoms with E-state index in [1.807, 2.05) is 0 Å². The third-order valence-electron chi connectivity index (χ3n) is 5.06. The van der Waals surface area contributed by atoms with Gasteiger partial charge in [-0.3, -0.25) is 4.68 Å². The Hall–Kier alpha value is -2.97. The molecule has 0 spiro atoms. The summed E-state index contributed by atoms with van der Waals surface area (Å²) < 4.78 is 2.99. The molecule has 136 valence electrons. The number of hydrogen-bond acceptors (Lipinski definition) is 6. The maximum atomic E-state index is 11.0. The monoisotopic (exact) mass is 356 g/mol. The molecule has 1 aliphatic rings. The average molecular weight is 356 g/mol. The Labute approximate surface area is 149 Å². The zero-order valence-electron chi connectivity index (χ0n) is 14.4. The van der Waals surface area contributed by atoms with E-state index < -0.39 is 5.97 Å². The van der Waals surface area contributed by atoms with E-state index in [9.17, 15) is 9.90 Å². The van der Waals surface area contributed by atoms with Gasteiger partial charge in [-0.05, 0) is 24.7 Å². The van der Waals surface area contributed by atoms with Crippen molar-refractivity contribution < 1.29 is 15.0 Å². The third kappa shape index (κ3) is 3.00. The van der Waals surface area contributed by atoms with E-state index in [-0.39, 0.29) is 17.4 Å². The SMILES string of the molecule is C[C@H]1CC[C@H](Cn2ncc3nc(-n4cc(C(=O)O)cn4)nc(O)c32)CC1. The fraction of sp³-hybridized carbons (Fsp3) is 0.471. The molecule has 3 heterocycles. The van der Waals surface area contributed by atoms with Gasteiger partial charge in [0.15, 0.2) is 0 Å². The minimum Gasteiger partial charge on any atom is -0.492 e. The largest absolute Gasteiger partial charge is 0.492 e. The highest BCUT2D eigenvalue weighted by molar-refractivity contribution is 5.87. The van der Waals surface area contributed by atoms with Crippen LogP contribution in [0.5, 0.6) is 5.88 Å². The quantitative estimate of drug-likeness (QED) is 0.735. The van der Waals surface area contributed by atoms with Gasteiger partial charge < -0.3 is 10.2 Å². The summed E-state index contributed by atoms with van der Waals surface area (Å²) in [6.07, 6.45) is 8.87. The number of carboxylic acid groups (broad SMARTS) is 1. The maximum Gasteiger partial charge on any atom is 0.338 e. The molecule has 0 amide bonds. The van der Waals surface area contributed by atoms with Crippen molar-refractivity contribution in [3.05, 3.63) is 24.2 Å². The van der Waals surface area contributed by atoms with Gasteiger partial charge in [0, 0.05) is 12.7 Å². The Morgan fingerprint density at radius 1 is 1.19 bits per heavy atom. The number of aromatic nitrogens is 6. The van der Waals surface area contributed by atoms with Crippen molar-refractivity contribution in [2.75, 3.05) is 0 Å². The van der Waals surface area contributed by atoms with Gasteiger partial charge in [-0.2, -0.15) is 15.2 Å². The van der Waals surface area contributed by atoms with Gasteiger partial charge in [-0.15, -0.1) is 0 Å². The second-order valence-electron chi connectivity index (χ2n) is 7.01. The zero-order chi connectivity index (χ0) is 18.3. The van der Waals surface area contributed by atoms with Gasteiger partial charge in [0.05, 0.1) is 18.0 Å². The van der Waals surface area contributed by atoms with Crippen LogP contribution in [-0.4, -0.2) is 45.7 Å². The summed E-state index contributed by atoms with van der Waals surface area (Å²) in [5, 5.41) is 27.7. The molecule has 0 aromatic carbocycles. The maximum absolute atomic E-state index is 11.0. The molecule has 9 heteroatoms. The van der Waals surface area contributed by atoms with Crippen LogP contribution in [0.2, 0.25) is 0 Å². The van der Waals surface area contributed by atoms with Crippen molar-refractivity contribution in [3.63, 3.8) is 0 Å². The Bertz CT molecular complexity index is 955. The van der Waals surface area contributed by atoms with Crippen molar-refractivity contribution in [1.82, 2.24) is 29.5 Å². The summed E-state index contributed by atoms with van der Waals surface area (Å²) in [4.78, 5) is 19.4. The van der Waals surface area contributed by atoms with Crippen LogP contribution in [0.1, 0.15) is 43.0 Å². The summed E-state index contributed by atoms with van der Waals surface area (Å²) in [6.45, 7) is 3.02. The number of aromatic carboxylic acids is 1. The standard InChI is InChI=1S/C17H20N6O3/c1-10-2-4-11(5-3-10)8-22-14-13(7-19-22)20-17(21-15(14)24)23-9-12(6-18-23)16(25)26/h6-7,9-11H,2-5,8H2,1H3,(H,25,26)(H,20,21,24)/t10-,11-. The first-order valence-electron chi connectivity index (χ1n) is 8.72. The van der Waals surface area contributed by atoms with Crippen LogP contribution in [0.25, 0.3) is 17.0 Å². The molecule has 1 fully saturated rings. The van der Waals surface area contributed by atoms with Crippen LogP contribution in [0.3, 0.4) is 0 Å². The zero-order valence-corrected chi connectivity index (χ0v) is 14.4. The first-order valence-corrected chi connectivity index (χ1v) is 8.72. The van der Waals surface area contributed by atoms with Crippen molar-refractivity contribution in [2.45, 2.75) is 39.2 Å². The molecule has 0 atom stereocenters. The molecule has 2 N–H and O–H groups in total. The number of fused-ring (bicyclic) bond motifs is 1. The second-order valence-corrected chi connectivity index (χ2v) is 7.01. The van der Waals surface area contributed by atoms with Crippen molar-refractivity contribution in [3.8, 4) is 11.8 Å². The Balaban J connectivity index is 1.63. The smallest absolute Gasteiger partial charge is 0.338 e. The van der Waals surface area contributed by atoms with Crippen LogP contribution >= 0.6 is 0 Å². The summed E-state index contributed by atoms with van der Waals surface area (Å²) in [5.41, 5.74) is 1.03. The van der Waals surface area contributed by atoms with Gasteiger partial charge in [0.25, 0.3) is 5.95 Å². The van der Waals surface area contributed by atoms with E-state index in [1.54, 1.807) is 10.9 Å². The van der Waals surface area contributed by atoms with Crippen molar-refractivity contribution in [2.24, 2.45) is 11.8 Å². The molecular formula is C17H20N6O3. The number of carboxylic acids is 1. The van der Waals surface area contributed by atoms with Gasteiger partial charge in [-0.1, -0.05) is 19.8 Å². The topological polar surface area (TPSA) is 119 Å². The minimum atomic E-state index is -1.09. The molecule has 0 bridgehead atoms. The lowest BCUT2D eigenvalue weighted by Gasteiger charge is -2.26. The third-order valence-corrected chi connectivity index (χ3v) is 5.06. The lowest BCUT2D eigenvalue weighted by atomic mass is 9.83. The van der Waals surface area contributed by atoms with Gasteiger partial charge in [-0.25, -0.2) is 14.5 Å². The number of rotatable bonds is 4. The summed E-state index contributed by atoms with van der Waals surface area (Å²) in [5.74, 6) is 0.158. The van der Waals surface area contributed by atoms with E-state index in [2.05, 4.69) is 27.1 Å². The number of aromatic hydroxyl groups is 1. The normalized spacial score (nSPS) is 20.5. The van der Waals surface area contributed by atoms with Gasteiger partial charge in [0.1, 0.15) is 11.0 Å². The highest BCUT2D eigenvalue weighted by atomic mass is 16.4. The lowest BCUT2D eigenvalue weighted by molar-refractivity contribution is 0.0697. The molecule has 0 aliphatic heterocycles. The van der Waals surface area contributed by atoms with Gasteiger partial charge in [0.2, 0.25) is 5.88 Å². The van der Waals surface area contributed by atoms with Crippen LogP contribution in [0.15, 0.2) is 18.6 Å². The first kappa shape index (κ1) is 16.5. The molecule has 1 aliphatic carbocycles. The molecule has 0 saturated heterocycles. The molecular weight excluding hydrogens is 336 g/mol. The molecule has 0 radical (unpaired) electrons. The first-order chi connectivity index (χ1) is 12.5. The Morgan fingerprint density at radius 3 is 2.65 bits per heavy atom. The molecule has 26 heavy (non-hydrogen) atoms. The second kappa shape index (κ2) is 6.40. The molecule has 3 aromatic heterocycles. The summed E-state index contributed by atoms with van der Waals surface area (Å²) in [6, 6.07) is 0.